The number of aromatic nitrogens is 1. The fraction of sp³-hybridized carbons (Fsp3) is 0.143. The molecule has 15 heavy (non-hydrogen) atoms. The summed E-state index contributed by atoms with van der Waals surface area (Å²) in [6, 6.07) is 0.977. The van der Waals surface area contributed by atoms with Crippen LogP contribution in [0.4, 0.5) is 9.57 Å². The lowest BCUT2D eigenvalue weighted by atomic mass is 10.3. The molecule has 0 bridgehead atoms. The molecule has 1 rings (SSSR count). The van der Waals surface area contributed by atoms with Gasteiger partial charge in [0.15, 0.2) is 0 Å². The topological polar surface area (TPSA) is 99.3 Å². The maximum atomic E-state index is 12.5. The van der Waals surface area contributed by atoms with Gasteiger partial charge in [-0.25, -0.2) is 9.78 Å². The van der Waals surface area contributed by atoms with E-state index in [0.29, 0.717) is 0 Å². The number of carbonyl (C=O) groups is 1. The zero-order valence-electron chi connectivity index (χ0n) is 7.60. The molecule has 1 heterocycles. The Morgan fingerprint density at radius 3 is 2.60 bits per heavy atom. The van der Waals surface area contributed by atoms with Gasteiger partial charge < -0.3 is 10.5 Å². The number of halogens is 1. The first-order valence-electron chi connectivity index (χ1n) is 3.64. The maximum absolute atomic E-state index is 12.5. The average molecular weight is 234 g/mol. The van der Waals surface area contributed by atoms with Gasteiger partial charge in [0, 0.05) is 6.20 Å². The van der Waals surface area contributed by atoms with Crippen LogP contribution in [0.3, 0.4) is 0 Å². The Balaban J connectivity index is 3.27. The first kappa shape index (κ1) is 11.4. The van der Waals surface area contributed by atoms with Crippen molar-refractivity contribution in [3.63, 3.8) is 0 Å². The van der Waals surface area contributed by atoms with Crippen molar-refractivity contribution < 1.29 is 21.8 Å². The Morgan fingerprint density at radius 2 is 2.20 bits per heavy atom. The number of nitrogens with zero attached hydrogens (tertiary/aromatic N) is 1. The van der Waals surface area contributed by atoms with E-state index in [1.54, 1.807) is 0 Å². The summed E-state index contributed by atoms with van der Waals surface area (Å²) in [5, 5.41) is -0.907. The summed E-state index contributed by atoms with van der Waals surface area (Å²) in [5.74, 6) is -0.739. The minimum atomic E-state index is -4.97. The minimum Gasteiger partial charge on any atom is -0.465 e. The molecule has 0 saturated carbocycles. The number of nitrogens with two attached hydrogens (primary N) is 1. The summed E-state index contributed by atoms with van der Waals surface area (Å²) in [7, 11) is -3.83. The van der Waals surface area contributed by atoms with Crippen molar-refractivity contribution in [1.29, 1.82) is 0 Å². The summed E-state index contributed by atoms with van der Waals surface area (Å²) in [6.07, 6.45) is 0.870. The highest BCUT2D eigenvalue weighted by Gasteiger charge is 2.19. The van der Waals surface area contributed by atoms with Gasteiger partial charge in [0.2, 0.25) is 5.03 Å². The molecule has 0 unspecified atom stereocenters. The van der Waals surface area contributed by atoms with E-state index in [9.17, 15) is 17.1 Å². The Kier molecular flexibility index (Phi) is 2.89. The molecule has 82 valence electrons. The van der Waals surface area contributed by atoms with Crippen LogP contribution in [0.5, 0.6) is 0 Å². The SMILES string of the molecule is COC(=O)c1cnc(S(=O)(=O)F)c(N)c1. The first-order valence-corrected chi connectivity index (χ1v) is 5.03. The van der Waals surface area contributed by atoms with Crippen LogP contribution in [0.1, 0.15) is 10.4 Å². The van der Waals surface area contributed by atoms with Gasteiger partial charge in [-0.2, -0.15) is 8.42 Å². The lowest BCUT2D eigenvalue weighted by molar-refractivity contribution is 0.0600. The van der Waals surface area contributed by atoms with E-state index < -0.39 is 26.9 Å². The van der Waals surface area contributed by atoms with Crippen LogP contribution >= 0.6 is 0 Å². The molecule has 1 aromatic rings. The highest BCUT2D eigenvalue weighted by atomic mass is 32.3. The van der Waals surface area contributed by atoms with Crippen molar-refractivity contribution in [2.75, 3.05) is 12.8 Å². The lowest BCUT2D eigenvalue weighted by Crippen LogP contribution is -2.07. The fourth-order valence-corrected chi connectivity index (χ4v) is 1.42. The third-order valence-corrected chi connectivity index (χ3v) is 2.33. The zero-order chi connectivity index (χ0) is 11.6. The van der Waals surface area contributed by atoms with Crippen molar-refractivity contribution in [3.8, 4) is 0 Å². The van der Waals surface area contributed by atoms with Crippen molar-refractivity contribution in [1.82, 2.24) is 4.98 Å². The van der Waals surface area contributed by atoms with Crippen molar-refractivity contribution in [3.05, 3.63) is 17.8 Å². The number of rotatable bonds is 2. The molecule has 6 nitrogen and oxygen atoms in total. The number of nitrogen functional groups attached to an aromatic ring is 1. The summed E-state index contributed by atoms with van der Waals surface area (Å²) < 4.78 is 37.8. The van der Waals surface area contributed by atoms with E-state index in [-0.39, 0.29) is 5.56 Å². The fourth-order valence-electron chi connectivity index (χ4n) is 0.902. The molecule has 0 atom stereocenters. The second kappa shape index (κ2) is 3.81. The highest BCUT2D eigenvalue weighted by molar-refractivity contribution is 7.86. The van der Waals surface area contributed by atoms with Crippen molar-refractivity contribution >= 4 is 21.9 Å². The Bertz CT molecular complexity index is 500. The molecule has 0 aliphatic rings. The van der Waals surface area contributed by atoms with E-state index in [1.807, 2.05) is 0 Å². The summed E-state index contributed by atoms with van der Waals surface area (Å²) in [5.41, 5.74) is 4.71. The first-order chi connectivity index (χ1) is 6.86. The second-order valence-corrected chi connectivity index (χ2v) is 3.81. The van der Waals surface area contributed by atoms with Crippen LogP contribution in [0.25, 0.3) is 0 Å². The summed E-state index contributed by atoms with van der Waals surface area (Å²) >= 11 is 0. The number of carbonyl (C=O) groups excluding carboxylic acids is 1. The molecule has 0 saturated heterocycles. The second-order valence-electron chi connectivity index (χ2n) is 2.55. The van der Waals surface area contributed by atoms with E-state index in [0.717, 1.165) is 19.4 Å². The molecule has 0 amide bonds. The predicted octanol–water partition coefficient (Wildman–Crippen LogP) is 0.109. The van der Waals surface area contributed by atoms with Gasteiger partial charge in [-0.15, -0.1) is 0 Å². The maximum Gasteiger partial charge on any atom is 0.351 e. The van der Waals surface area contributed by atoms with Crippen molar-refractivity contribution in [2.24, 2.45) is 0 Å². The molecule has 0 fully saturated rings. The Morgan fingerprint density at radius 1 is 1.60 bits per heavy atom. The van der Waals surface area contributed by atoms with Gasteiger partial charge in [-0.1, -0.05) is 3.89 Å². The number of hydrogen-bond donors (Lipinski definition) is 1. The average Bonchev–Trinajstić information content (AvgIpc) is 2.14. The normalized spacial score (nSPS) is 11.1. The number of pyridine rings is 1. The summed E-state index contributed by atoms with van der Waals surface area (Å²) in [6.45, 7) is 0. The molecular weight excluding hydrogens is 227 g/mol. The molecule has 0 radical (unpaired) electrons. The molecule has 0 aliphatic heterocycles. The number of methoxy groups -OCH3 is 1. The van der Waals surface area contributed by atoms with Gasteiger partial charge in [-0.05, 0) is 6.07 Å². The van der Waals surface area contributed by atoms with Gasteiger partial charge in [0.05, 0.1) is 18.4 Å². The van der Waals surface area contributed by atoms with E-state index in [4.69, 9.17) is 5.73 Å². The van der Waals surface area contributed by atoms with Crippen LogP contribution in [-0.4, -0.2) is 26.5 Å². The van der Waals surface area contributed by atoms with E-state index >= 15 is 0 Å². The smallest absolute Gasteiger partial charge is 0.351 e. The number of esters is 1. The number of ether oxygens (including phenoxy) is 1. The Labute approximate surface area is 85.1 Å². The standard InChI is InChI=1S/C7H7FN2O4S/c1-14-7(11)4-2-5(9)6(10-3-4)15(8,12)13/h2-3H,9H2,1H3. The molecule has 8 heteroatoms. The van der Waals surface area contributed by atoms with Gasteiger partial charge >= 0.3 is 16.2 Å². The Hall–Kier alpha value is -1.70. The largest absolute Gasteiger partial charge is 0.465 e. The van der Waals surface area contributed by atoms with E-state index in [2.05, 4.69) is 9.72 Å². The third-order valence-electron chi connectivity index (χ3n) is 1.53. The number of anilines is 1. The molecule has 1 aromatic heterocycles. The monoisotopic (exact) mass is 234 g/mol. The quantitative estimate of drug-likeness (QED) is 0.575. The van der Waals surface area contributed by atoms with Crippen LogP contribution in [0.15, 0.2) is 17.3 Å². The summed E-state index contributed by atoms with van der Waals surface area (Å²) in [4.78, 5) is 14.2. The van der Waals surface area contributed by atoms with Gasteiger partial charge in [-0.3, -0.25) is 0 Å². The molecule has 0 spiro atoms. The molecule has 2 N–H and O–H groups in total. The zero-order valence-corrected chi connectivity index (χ0v) is 8.41. The molecular formula is C7H7FN2O4S. The van der Waals surface area contributed by atoms with Crippen molar-refractivity contribution in [2.45, 2.75) is 5.03 Å². The number of hydrogen-bond acceptors (Lipinski definition) is 6. The van der Waals surface area contributed by atoms with E-state index in [1.165, 1.54) is 0 Å². The highest BCUT2D eigenvalue weighted by Crippen LogP contribution is 2.18. The molecule has 0 aliphatic carbocycles. The van der Waals surface area contributed by atoms with Crippen LogP contribution < -0.4 is 5.73 Å². The van der Waals surface area contributed by atoms with Crippen LogP contribution in [0, 0.1) is 0 Å². The lowest BCUT2D eigenvalue weighted by Gasteiger charge is -2.02. The van der Waals surface area contributed by atoms with Crippen LogP contribution in [0.2, 0.25) is 0 Å². The predicted molar refractivity (Wildman–Crippen MR) is 48.3 cm³/mol. The van der Waals surface area contributed by atoms with Gasteiger partial charge in [0.1, 0.15) is 0 Å². The van der Waals surface area contributed by atoms with Crippen LogP contribution in [-0.2, 0) is 15.0 Å². The molecule has 0 aromatic carbocycles. The third kappa shape index (κ3) is 2.40. The minimum absolute atomic E-state index is 0.0533. The van der Waals surface area contributed by atoms with Gasteiger partial charge in [0.25, 0.3) is 0 Å².